The summed E-state index contributed by atoms with van der Waals surface area (Å²) in [5.74, 6) is 2.23. The normalized spacial score (nSPS) is 12.5. The molecule has 0 amide bonds. The first kappa shape index (κ1) is 20.7. The van der Waals surface area contributed by atoms with Crippen molar-refractivity contribution in [1.82, 2.24) is 5.32 Å². The van der Waals surface area contributed by atoms with Crippen molar-refractivity contribution in [2.24, 2.45) is 0 Å². The van der Waals surface area contributed by atoms with Crippen LogP contribution in [0.5, 0.6) is 17.2 Å². The van der Waals surface area contributed by atoms with Gasteiger partial charge in [0.1, 0.15) is 0 Å². The summed E-state index contributed by atoms with van der Waals surface area (Å²) in [7, 11) is 6.85. The smallest absolute Gasteiger partial charge is 0.203 e. The molecule has 0 radical (unpaired) electrons. The molecule has 2 aromatic rings. The molecule has 2 rings (SSSR count). The fraction of sp³-hybridized carbons (Fsp3) is 0.391. The number of hydrogen-bond acceptors (Lipinski definition) is 4. The van der Waals surface area contributed by atoms with Crippen molar-refractivity contribution in [2.45, 2.75) is 33.1 Å². The SMILES string of the molecule is CN/C=C(\C)C(Cc1cc(OC)c(OC)c(OC)c1)c1cccc(C)c1C. The van der Waals surface area contributed by atoms with Crippen molar-refractivity contribution < 1.29 is 14.2 Å². The van der Waals surface area contributed by atoms with Gasteiger partial charge in [-0.2, -0.15) is 0 Å². The maximum Gasteiger partial charge on any atom is 0.203 e. The highest BCUT2D eigenvalue weighted by molar-refractivity contribution is 5.54. The third kappa shape index (κ3) is 4.57. The highest BCUT2D eigenvalue weighted by Crippen LogP contribution is 2.40. The highest BCUT2D eigenvalue weighted by Gasteiger charge is 2.20. The maximum atomic E-state index is 5.53. The Morgan fingerprint density at radius 1 is 1.04 bits per heavy atom. The number of methoxy groups -OCH3 is 3. The summed E-state index contributed by atoms with van der Waals surface area (Å²) in [5.41, 5.74) is 6.39. The van der Waals surface area contributed by atoms with Gasteiger partial charge in [0.15, 0.2) is 11.5 Å². The van der Waals surface area contributed by atoms with E-state index in [1.165, 1.54) is 22.3 Å². The van der Waals surface area contributed by atoms with Gasteiger partial charge in [0.05, 0.1) is 21.3 Å². The van der Waals surface area contributed by atoms with E-state index in [0.29, 0.717) is 17.2 Å². The van der Waals surface area contributed by atoms with Crippen LogP contribution in [0.25, 0.3) is 0 Å². The largest absolute Gasteiger partial charge is 0.493 e. The van der Waals surface area contributed by atoms with Crippen molar-refractivity contribution >= 4 is 0 Å². The molecule has 0 saturated carbocycles. The van der Waals surface area contributed by atoms with Gasteiger partial charge in [-0.3, -0.25) is 0 Å². The molecule has 0 fully saturated rings. The lowest BCUT2D eigenvalue weighted by Crippen LogP contribution is -2.10. The van der Waals surface area contributed by atoms with Gasteiger partial charge in [0, 0.05) is 13.0 Å². The Bertz CT molecular complexity index is 786. The van der Waals surface area contributed by atoms with Crippen molar-refractivity contribution in [3.8, 4) is 17.2 Å². The Hall–Kier alpha value is -2.62. The molecule has 1 atom stereocenters. The van der Waals surface area contributed by atoms with Crippen molar-refractivity contribution in [3.05, 3.63) is 64.4 Å². The fourth-order valence-electron chi connectivity index (χ4n) is 3.48. The van der Waals surface area contributed by atoms with Crippen molar-refractivity contribution in [1.29, 1.82) is 0 Å². The summed E-state index contributed by atoms with van der Waals surface area (Å²) in [4.78, 5) is 0. The summed E-state index contributed by atoms with van der Waals surface area (Å²) in [6.45, 7) is 6.52. The number of ether oxygens (including phenoxy) is 3. The molecule has 0 aromatic heterocycles. The third-order valence-electron chi connectivity index (χ3n) is 5.11. The lowest BCUT2D eigenvalue weighted by molar-refractivity contribution is 0.323. The standard InChI is InChI=1S/C23H31NO3/c1-15-9-8-10-19(17(15)3)20(16(2)14-24-4)11-18-12-21(25-5)23(27-7)22(13-18)26-6/h8-10,12-14,20,24H,11H2,1-7H3/b16-14+. The number of nitrogens with one attached hydrogen (secondary N) is 1. The Morgan fingerprint density at radius 3 is 2.19 bits per heavy atom. The van der Waals surface area contributed by atoms with Gasteiger partial charge < -0.3 is 19.5 Å². The van der Waals surface area contributed by atoms with Crippen LogP contribution in [0.15, 0.2) is 42.1 Å². The summed E-state index contributed by atoms with van der Waals surface area (Å²) < 4.78 is 16.5. The van der Waals surface area contributed by atoms with Crippen LogP contribution >= 0.6 is 0 Å². The first-order valence-corrected chi connectivity index (χ1v) is 9.15. The molecule has 0 aliphatic rings. The summed E-state index contributed by atoms with van der Waals surface area (Å²) in [6, 6.07) is 10.6. The number of aryl methyl sites for hydroxylation is 1. The minimum Gasteiger partial charge on any atom is -0.493 e. The van der Waals surface area contributed by atoms with E-state index in [2.05, 4.69) is 50.5 Å². The van der Waals surface area contributed by atoms with Gasteiger partial charge in [0.2, 0.25) is 5.75 Å². The quantitative estimate of drug-likeness (QED) is 0.727. The summed E-state index contributed by atoms with van der Waals surface area (Å²) in [6.07, 6.45) is 2.91. The molecule has 4 heteroatoms. The second-order valence-electron chi connectivity index (χ2n) is 6.76. The minimum atomic E-state index is 0.250. The zero-order valence-corrected chi connectivity index (χ0v) is 17.5. The van der Waals surface area contributed by atoms with E-state index < -0.39 is 0 Å². The zero-order valence-electron chi connectivity index (χ0n) is 17.5. The van der Waals surface area contributed by atoms with Crippen LogP contribution in [0.4, 0.5) is 0 Å². The molecule has 2 aromatic carbocycles. The van der Waals surface area contributed by atoms with Crippen molar-refractivity contribution in [2.75, 3.05) is 28.4 Å². The predicted molar refractivity (Wildman–Crippen MR) is 111 cm³/mol. The average molecular weight is 370 g/mol. The summed E-state index contributed by atoms with van der Waals surface area (Å²) in [5, 5.41) is 3.17. The van der Waals surface area contributed by atoms with Crippen LogP contribution in [0.2, 0.25) is 0 Å². The topological polar surface area (TPSA) is 39.7 Å². The lowest BCUT2D eigenvalue weighted by Gasteiger charge is -2.23. The van der Waals surface area contributed by atoms with Crippen molar-refractivity contribution in [3.63, 3.8) is 0 Å². The van der Waals surface area contributed by atoms with Crippen LogP contribution in [-0.2, 0) is 6.42 Å². The second kappa shape index (κ2) is 9.36. The highest BCUT2D eigenvalue weighted by atomic mass is 16.5. The molecule has 0 spiro atoms. The van der Waals surface area contributed by atoms with E-state index in [0.717, 1.165) is 12.0 Å². The van der Waals surface area contributed by atoms with E-state index >= 15 is 0 Å². The Balaban J connectivity index is 2.53. The van der Waals surface area contributed by atoms with Crippen LogP contribution < -0.4 is 19.5 Å². The molecular weight excluding hydrogens is 338 g/mol. The number of allylic oxidation sites excluding steroid dienone is 1. The third-order valence-corrected chi connectivity index (χ3v) is 5.11. The maximum absolute atomic E-state index is 5.53. The molecule has 0 heterocycles. The number of benzene rings is 2. The first-order chi connectivity index (χ1) is 13.0. The van der Waals surface area contributed by atoms with Gasteiger partial charge in [-0.15, -0.1) is 0 Å². The molecule has 0 aliphatic carbocycles. The molecule has 0 saturated heterocycles. The van der Waals surface area contributed by atoms with Gasteiger partial charge in [0.25, 0.3) is 0 Å². The molecular formula is C23H31NO3. The van der Waals surface area contributed by atoms with E-state index in [1.807, 2.05) is 19.2 Å². The Morgan fingerprint density at radius 2 is 1.67 bits per heavy atom. The monoisotopic (exact) mass is 369 g/mol. The Kier molecular flexibility index (Phi) is 7.17. The molecule has 146 valence electrons. The molecule has 0 aliphatic heterocycles. The van der Waals surface area contributed by atoms with Gasteiger partial charge in [-0.25, -0.2) is 0 Å². The molecule has 27 heavy (non-hydrogen) atoms. The Labute approximate surface area is 163 Å². The van der Waals surface area contributed by atoms with Crippen LogP contribution in [0, 0.1) is 13.8 Å². The van der Waals surface area contributed by atoms with E-state index in [1.54, 1.807) is 21.3 Å². The second-order valence-corrected chi connectivity index (χ2v) is 6.76. The van der Waals surface area contributed by atoms with E-state index in [-0.39, 0.29) is 5.92 Å². The minimum absolute atomic E-state index is 0.250. The molecule has 0 bridgehead atoms. The predicted octanol–water partition coefficient (Wildman–Crippen LogP) is 4.78. The van der Waals surface area contributed by atoms with Crippen LogP contribution in [-0.4, -0.2) is 28.4 Å². The average Bonchev–Trinajstić information content (AvgIpc) is 2.67. The summed E-state index contributed by atoms with van der Waals surface area (Å²) >= 11 is 0. The van der Waals surface area contributed by atoms with Crippen LogP contribution in [0.1, 0.15) is 35.1 Å². The van der Waals surface area contributed by atoms with Gasteiger partial charge in [-0.05, 0) is 73.4 Å². The first-order valence-electron chi connectivity index (χ1n) is 9.15. The van der Waals surface area contributed by atoms with E-state index in [9.17, 15) is 0 Å². The fourth-order valence-corrected chi connectivity index (χ4v) is 3.48. The van der Waals surface area contributed by atoms with Gasteiger partial charge >= 0.3 is 0 Å². The molecule has 1 unspecified atom stereocenters. The van der Waals surface area contributed by atoms with Gasteiger partial charge in [-0.1, -0.05) is 18.2 Å². The number of rotatable bonds is 8. The molecule has 4 nitrogen and oxygen atoms in total. The molecule has 1 N–H and O–H groups in total. The van der Waals surface area contributed by atoms with Crippen LogP contribution in [0.3, 0.4) is 0 Å². The lowest BCUT2D eigenvalue weighted by atomic mass is 9.83. The zero-order chi connectivity index (χ0) is 20.0. The number of hydrogen-bond donors (Lipinski definition) is 1. The van der Waals surface area contributed by atoms with E-state index in [4.69, 9.17) is 14.2 Å².